The first-order valence-electron chi connectivity index (χ1n) is 9.06. The van der Waals surface area contributed by atoms with Gasteiger partial charge in [-0.25, -0.2) is 8.78 Å². The SMILES string of the molecule is CCCNC(=O)c1cc(=O)n(CC(=O)Nc2cc(F)ccc2F)c2ccccc12. The van der Waals surface area contributed by atoms with Crippen molar-refractivity contribution in [2.24, 2.45) is 0 Å². The summed E-state index contributed by atoms with van der Waals surface area (Å²) in [7, 11) is 0. The van der Waals surface area contributed by atoms with Crippen LogP contribution in [0.2, 0.25) is 0 Å². The third kappa shape index (κ3) is 4.48. The largest absolute Gasteiger partial charge is 0.352 e. The van der Waals surface area contributed by atoms with Crippen LogP contribution < -0.4 is 16.2 Å². The van der Waals surface area contributed by atoms with Gasteiger partial charge in [-0.3, -0.25) is 19.0 Å². The monoisotopic (exact) mass is 399 g/mol. The quantitative estimate of drug-likeness (QED) is 0.669. The summed E-state index contributed by atoms with van der Waals surface area (Å²) in [4.78, 5) is 37.4. The average molecular weight is 399 g/mol. The zero-order valence-electron chi connectivity index (χ0n) is 15.7. The molecule has 6 nitrogen and oxygen atoms in total. The number of carbonyl (C=O) groups is 2. The lowest BCUT2D eigenvalue weighted by molar-refractivity contribution is -0.116. The van der Waals surface area contributed by atoms with E-state index >= 15 is 0 Å². The number of pyridine rings is 1. The predicted molar refractivity (Wildman–Crippen MR) is 106 cm³/mol. The van der Waals surface area contributed by atoms with Crippen molar-refractivity contribution in [1.82, 2.24) is 9.88 Å². The highest BCUT2D eigenvalue weighted by Gasteiger charge is 2.16. The van der Waals surface area contributed by atoms with Crippen molar-refractivity contribution in [2.45, 2.75) is 19.9 Å². The predicted octanol–water partition coefficient (Wildman–Crippen LogP) is 3.06. The van der Waals surface area contributed by atoms with Gasteiger partial charge in [0.25, 0.3) is 11.5 Å². The summed E-state index contributed by atoms with van der Waals surface area (Å²) in [6.45, 7) is 1.96. The molecule has 0 radical (unpaired) electrons. The van der Waals surface area contributed by atoms with E-state index in [0.717, 1.165) is 24.6 Å². The molecule has 3 rings (SSSR count). The Kier molecular flexibility index (Phi) is 6.01. The maximum absolute atomic E-state index is 13.8. The van der Waals surface area contributed by atoms with Gasteiger partial charge in [-0.15, -0.1) is 0 Å². The molecule has 3 aromatic rings. The third-order valence-electron chi connectivity index (χ3n) is 4.30. The number of benzene rings is 2. The molecule has 0 aliphatic carbocycles. The lowest BCUT2D eigenvalue weighted by Gasteiger charge is -2.14. The van der Waals surface area contributed by atoms with E-state index in [1.54, 1.807) is 24.3 Å². The molecular formula is C21H19F2N3O3. The van der Waals surface area contributed by atoms with Gasteiger partial charge in [-0.2, -0.15) is 0 Å². The number of carbonyl (C=O) groups excluding carboxylic acids is 2. The minimum Gasteiger partial charge on any atom is -0.352 e. The molecule has 150 valence electrons. The van der Waals surface area contributed by atoms with E-state index in [2.05, 4.69) is 10.6 Å². The topological polar surface area (TPSA) is 80.2 Å². The van der Waals surface area contributed by atoms with Crippen molar-refractivity contribution >= 4 is 28.4 Å². The van der Waals surface area contributed by atoms with E-state index in [1.165, 1.54) is 10.6 Å². The van der Waals surface area contributed by atoms with E-state index < -0.39 is 29.6 Å². The fourth-order valence-corrected chi connectivity index (χ4v) is 2.95. The molecular weight excluding hydrogens is 380 g/mol. The standard InChI is InChI=1S/C21H19F2N3O3/c1-2-9-24-21(29)15-11-20(28)26(18-6-4-3-5-14(15)18)12-19(27)25-17-10-13(22)7-8-16(17)23/h3-8,10-11H,2,9,12H2,1H3,(H,24,29)(H,25,27). The highest BCUT2D eigenvalue weighted by atomic mass is 19.1. The lowest BCUT2D eigenvalue weighted by Crippen LogP contribution is -2.31. The Morgan fingerprint density at radius 2 is 1.83 bits per heavy atom. The number of nitrogens with zero attached hydrogens (tertiary/aromatic N) is 1. The molecule has 0 fully saturated rings. The normalized spacial score (nSPS) is 10.7. The molecule has 2 aromatic carbocycles. The van der Waals surface area contributed by atoms with Crippen LogP contribution in [0.15, 0.2) is 53.3 Å². The van der Waals surface area contributed by atoms with Crippen LogP contribution in [0, 0.1) is 11.6 Å². The average Bonchev–Trinajstić information content (AvgIpc) is 2.70. The van der Waals surface area contributed by atoms with Crippen molar-refractivity contribution < 1.29 is 18.4 Å². The number of hydrogen-bond donors (Lipinski definition) is 2. The number of aromatic nitrogens is 1. The number of halogens is 2. The molecule has 1 aromatic heterocycles. The first-order valence-corrected chi connectivity index (χ1v) is 9.06. The minimum atomic E-state index is -0.792. The van der Waals surface area contributed by atoms with Crippen LogP contribution in [-0.2, 0) is 11.3 Å². The molecule has 2 N–H and O–H groups in total. The van der Waals surface area contributed by atoms with Crippen LogP contribution >= 0.6 is 0 Å². The molecule has 0 saturated heterocycles. The number of fused-ring (bicyclic) bond motifs is 1. The second-order valence-corrected chi connectivity index (χ2v) is 6.43. The van der Waals surface area contributed by atoms with E-state index in [0.29, 0.717) is 17.4 Å². The van der Waals surface area contributed by atoms with E-state index in [1.807, 2.05) is 6.92 Å². The Hall–Kier alpha value is -3.55. The zero-order chi connectivity index (χ0) is 21.0. The number of nitrogens with one attached hydrogen (secondary N) is 2. The molecule has 0 bridgehead atoms. The molecule has 1 heterocycles. The molecule has 0 aliphatic rings. The van der Waals surface area contributed by atoms with Gasteiger partial charge in [-0.1, -0.05) is 25.1 Å². The fraction of sp³-hybridized carbons (Fsp3) is 0.190. The fourth-order valence-electron chi connectivity index (χ4n) is 2.95. The number of anilines is 1. The number of para-hydroxylation sites is 1. The van der Waals surface area contributed by atoms with Crippen molar-refractivity contribution in [3.63, 3.8) is 0 Å². The van der Waals surface area contributed by atoms with Crippen LogP contribution in [-0.4, -0.2) is 22.9 Å². The lowest BCUT2D eigenvalue weighted by atomic mass is 10.1. The first-order chi connectivity index (χ1) is 13.9. The Balaban J connectivity index is 1.95. The molecule has 2 amide bonds. The maximum Gasteiger partial charge on any atom is 0.252 e. The molecule has 0 atom stereocenters. The molecule has 8 heteroatoms. The second-order valence-electron chi connectivity index (χ2n) is 6.43. The summed E-state index contributed by atoms with van der Waals surface area (Å²) in [5.41, 5.74) is -0.272. The van der Waals surface area contributed by atoms with Crippen LogP contribution in [0.3, 0.4) is 0 Å². The van der Waals surface area contributed by atoms with E-state index in [-0.39, 0.29) is 17.2 Å². The molecule has 0 aliphatic heterocycles. The highest BCUT2D eigenvalue weighted by Crippen LogP contribution is 2.18. The summed E-state index contributed by atoms with van der Waals surface area (Å²) in [6, 6.07) is 10.5. The maximum atomic E-state index is 13.8. The smallest absolute Gasteiger partial charge is 0.252 e. The molecule has 29 heavy (non-hydrogen) atoms. The van der Waals surface area contributed by atoms with Gasteiger partial charge < -0.3 is 10.6 Å². The highest BCUT2D eigenvalue weighted by molar-refractivity contribution is 6.06. The summed E-state index contributed by atoms with van der Waals surface area (Å²) < 4.78 is 28.2. The molecule has 0 spiro atoms. The molecule has 0 saturated carbocycles. The molecule has 0 unspecified atom stereocenters. The van der Waals surface area contributed by atoms with Gasteiger partial charge >= 0.3 is 0 Å². The number of rotatable bonds is 6. The van der Waals surface area contributed by atoms with Crippen molar-refractivity contribution in [3.05, 3.63) is 76.1 Å². The Morgan fingerprint density at radius 3 is 2.59 bits per heavy atom. The van der Waals surface area contributed by atoms with Crippen molar-refractivity contribution in [2.75, 3.05) is 11.9 Å². The summed E-state index contributed by atoms with van der Waals surface area (Å²) in [6.07, 6.45) is 0.748. The van der Waals surface area contributed by atoms with Gasteiger partial charge in [0.05, 0.1) is 16.8 Å². The Labute approximate surface area is 165 Å². The summed E-state index contributed by atoms with van der Waals surface area (Å²) in [5.74, 6) is -2.57. The van der Waals surface area contributed by atoms with Crippen LogP contribution in [0.5, 0.6) is 0 Å². The van der Waals surface area contributed by atoms with Gasteiger partial charge in [-0.05, 0) is 24.6 Å². The Morgan fingerprint density at radius 1 is 1.07 bits per heavy atom. The van der Waals surface area contributed by atoms with Crippen molar-refractivity contribution in [3.8, 4) is 0 Å². The van der Waals surface area contributed by atoms with E-state index in [9.17, 15) is 23.2 Å². The van der Waals surface area contributed by atoms with Crippen LogP contribution in [0.1, 0.15) is 23.7 Å². The van der Waals surface area contributed by atoms with Crippen LogP contribution in [0.4, 0.5) is 14.5 Å². The van der Waals surface area contributed by atoms with Crippen molar-refractivity contribution in [1.29, 1.82) is 0 Å². The minimum absolute atomic E-state index is 0.215. The van der Waals surface area contributed by atoms with Gasteiger partial charge in [0.1, 0.15) is 18.2 Å². The summed E-state index contributed by atoms with van der Waals surface area (Å²) in [5, 5.41) is 5.50. The Bertz CT molecular complexity index is 1140. The van der Waals surface area contributed by atoms with Gasteiger partial charge in [0, 0.05) is 24.1 Å². The zero-order valence-corrected chi connectivity index (χ0v) is 15.7. The first kappa shape index (κ1) is 20.2. The summed E-state index contributed by atoms with van der Waals surface area (Å²) >= 11 is 0. The van der Waals surface area contributed by atoms with Gasteiger partial charge in [0.15, 0.2) is 0 Å². The van der Waals surface area contributed by atoms with E-state index in [4.69, 9.17) is 0 Å². The number of hydrogen-bond acceptors (Lipinski definition) is 3. The van der Waals surface area contributed by atoms with Crippen LogP contribution in [0.25, 0.3) is 10.9 Å². The number of amides is 2. The second kappa shape index (κ2) is 8.64. The van der Waals surface area contributed by atoms with Gasteiger partial charge in [0.2, 0.25) is 5.91 Å². The third-order valence-corrected chi connectivity index (χ3v) is 4.30.